The highest BCUT2D eigenvalue weighted by Gasteiger charge is 2.39. The standard InChI is InChI=1S/C11H11ClFNO3S/c1-7(15)8-5-14(6-8)18(16,17)11-4-9(13)2-3-10(11)12/h2-4,8H,5-6H2,1H3. The number of Topliss-reactive ketones (excluding diaryl/α,β-unsaturated/α-hetero) is 1. The normalized spacial score (nSPS) is 17.5. The molecule has 18 heavy (non-hydrogen) atoms. The molecule has 0 saturated carbocycles. The summed E-state index contributed by atoms with van der Waals surface area (Å²) in [4.78, 5) is 10.8. The molecule has 0 aliphatic carbocycles. The molecule has 1 aromatic carbocycles. The van der Waals surface area contributed by atoms with Crippen LogP contribution < -0.4 is 0 Å². The van der Waals surface area contributed by atoms with Crippen LogP contribution >= 0.6 is 11.6 Å². The maximum Gasteiger partial charge on any atom is 0.244 e. The van der Waals surface area contributed by atoms with Crippen LogP contribution in [0.25, 0.3) is 0 Å². The van der Waals surface area contributed by atoms with Gasteiger partial charge in [0.2, 0.25) is 10.0 Å². The molecule has 2 rings (SSSR count). The van der Waals surface area contributed by atoms with Crippen LogP contribution in [0.1, 0.15) is 6.92 Å². The van der Waals surface area contributed by atoms with Crippen molar-refractivity contribution in [2.45, 2.75) is 11.8 Å². The van der Waals surface area contributed by atoms with E-state index in [-0.39, 0.29) is 34.7 Å². The van der Waals surface area contributed by atoms with Gasteiger partial charge in [-0.15, -0.1) is 0 Å². The van der Waals surface area contributed by atoms with E-state index in [2.05, 4.69) is 0 Å². The molecule has 98 valence electrons. The fraction of sp³-hybridized carbons (Fsp3) is 0.364. The number of carbonyl (C=O) groups excluding carboxylic acids is 1. The minimum absolute atomic E-state index is 0.0253. The van der Waals surface area contributed by atoms with Crippen LogP contribution in [0.3, 0.4) is 0 Å². The number of halogens is 2. The van der Waals surface area contributed by atoms with Crippen molar-refractivity contribution >= 4 is 27.4 Å². The van der Waals surface area contributed by atoms with E-state index in [1.807, 2.05) is 0 Å². The molecule has 1 aliphatic heterocycles. The van der Waals surface area contributed by atoms with Crippen molar-refractivity contribution in [3.63, 3.8) is 0 Å². The summed E-state index contributed by atoms with van der Waals surface area (Å²) in [6, 6.07) is 3.18. The molecular formula is C11H11ClFNO3S. The summed E-state index contributed by atoms with van der Waals surface area (Å²) in [5, 5.41) is -0.0253. The van der Waals surface area contributed by atoms with Gasteiger partial charge in [0.15, 0.2) is 0 Å². The average Bonchev–Trinajstić information content (AvgIpc) is 2.18. The van der Waals surface area contributed by atoms with Crippen LogP contribution in [0.5, 0.6) is 0 Å². The third-order valence-corrected chi connectivity index (χ3v) is 5.25. The summed E-state index contributed by atoms with van der Waals surface area (Å²) >= 11 is 5.77. The minimum Gasteiger partial charge on any atom is -0.300 e. The van der Waals surface area contributed by atoms with Gasteiger partial charge in [-0.05, 0) is 25.1 Å². The molecule has 0 bridgehead atoms. The Bertz CT molecular complexity index is 596. The van der Waals surface area contributed by atoms with Crippen molar-refractivity contribution in [1.82, 2.24) is 4.31 Å². The van der Waals surface area contributed by atoms with Crippen LogP contribution in [-0.4, -0.2) is 31.6 Å². The van der Waals surface area contributed by atoms with Crippen molar-refractivity contribution in [1.29, 1.82) is 0 Å². The first-order valence-corrected chi connectivity index (χ1v) is 7.10. The monoisotopic (exact) mass is 291 g/mol. The van der Waals surface area contributed by atoms with Gasteiger partial charge in [0.05, 0.1) is 5.02 Å². The highest BCUT2D eigenvalue weighted by molar-refractivity contribution is 7.89. The zero-order valence-electron chi connectivity index (χ0n) is 9.56. The molecule has 0 radical (unpaired) electrons. The molecule has 1 aromatic rings. The predicted octanol–water partition coefficient (Wildman–Crippen LogP) is 1.69. The lowest BCUT2D eigenvalue weighted by Crippen LogP contribution is -2.52. The molecule has 0 N–H and O–H groups in total. The first-order valence-electron chi connectivity index (χ1n) is 5.28. The lowest BCUT2D eigenvalue weighted by atomic mass is 9.99. The van der Waals surface area contributed by atoms with E-state index in [1.165, 1.54) is 13.0 Å². The summed E-state index contributed by atoms with van der Waals surface area (Å²) < 4.78 is 38.4. The Kier molecular flexibility index (Phi) is 3.44. The molecule has 0 amide bonds. The Morgan fingerprint density at radius 3 is 2.61 bits per heavy atom. The fourth-order valence-electron chi connectivity index (χ4n) is 1.71. The smallest absolute Gasteiger partial charge is 0.244 e. The molecule has 0 spiro atoms. The number of benzene rings is 1. The van der Waals surface area contributed by atoms with Gasteiger partial charge in [-0.1, -0.05) is 11.6 Å². The predicted molar refractivity (Wildman–Crippen MR) is 64.3 cm³/mol. The molecular weight excluding hydrogens is 281 g/mol. The van der Waals surface area contributed by atoms with Gasteiger partial charge in [0.25, 0.3) is 0 Å². The first-order chi connectivity index (χ1) is 8.32. The number of nitrogens with zero attached hydrogens (tertiary/aromatic N) is 1. The minimum atomic E-state index is -3.81. The van der Waals surface area contributed by atoms with Crippen molar-refractivity contribution in [3.05, 3.63) is 29.0 Å². The van der Waals surface area contributed by atoms with E-state index in [1.54, 1.807) is 0 Å². The van der Waals surface area contributed by atoms with Crippen molar-refractivity contribution < 1.29 is 17.6 Å². The summed E-state index contributed by atoms with van der Waals surface area (Å²) in [5.41, 5.74) is 0. The van der Waals surface area contributed by atoms with Crippen LogP contribution in [0, 0.1) is 11.7 Å². The lowest BCUT2D eigenvalue weighted by Gasteiger charge is -2.36. The van der Waals surface area contributed by atoms with Crippen LogP contribution in [0.15, 0.2) is 23.1 Å². The zero-order valence-corrected chi connectivity index (χ0v) is 11.1. The molecule has 0 aromatic heterocycles. The largest absolute Gasteiger partial charge is 0.300 e. The summed E-state index contributed by atoms with van der Waals surface area (Å²) in [5.74, 6) is -0.986. The number of hydrogen-bond donors (Lipinski definition) is 0. The molecule has 0 unspecified atom stereocenters. The van der Waals surface area contributed by atoms with Gasteiger partial charge in [-0.3, -0.25) is 4.79 Å². The van der Waals surface area contributed by atoms with Gasteiger partial charge in [-0.25, -0.2) is 12.8 Å². The number of sulfonamides is 1. The second-order valence-electron chi connectivity index (χ2n) is 4.20. The van der Waals surface area contributed by atoms with Gasteiger partial charge in [-0.2, -0.15) is 4.31 Å². The van der Waals surface area contributed by atoms with E-state index in [0.29, 0.717) is 0 Å². The van der Waals surface area contributed by atoms with Crippen molar-refractivity contribution in [3.8, 4) is 0 Å². The summed E-state index contributed by atoms with van der Waals surface area (Å²) in [6.45, 7) is 1.68. The van der Waals surface area contributed by atoms with Gasteiger partial charge in [0.1, 0.15) is 16.5 Å². The first kappa shape index (κ1) is 13.5. The molecule has 1 heterocycles. The highest BCUT2D eigenvalue weighted by atomic mass is 35.5. The van der Waals surface area contributed by atoms with Crippen molar-refractivity contribution in [2.24, 2.45) is 5.92 Å². The maximum atomic E-state index is 13.1. The van der Waals surface area contributed by atoms with Crippen LogP contribution in [-0.2, 0) is 14.8 Å². The summed E-state index contributed by atoms with van der Waals surface area (Å²) in [7, 11) is -3.81. The molecule has 1 saturated heterocycles. The Morgan fingerprint density at radius 2 is 2.06 bits per heavy atom. The van der Waals surface area contributed by atoms with Gasteiger partial charge >= 0.3 is 0 Å². The van der Waals surface area contributed by atoms with Gasteiger partial charge < -0.3 is 0 Å². The molecule has 4 nitrogen and oxygen atoms in total. The van der Waals surface area contributed by atoms with Crippen LogP contribution in [0.4, 0.5) is 4.39 Å². The van der Waals surface area contributed by atoms with E-state index in [9.17, 15) is 17.6 Å². The number of rotatable bonds is 3. The SMILES string of the molecule is CC(=O)C1CN(S(=O)(=O)c2cc(F)ccc2Cl)C1. The number of hydrogen-bond acceptors (Lipinski definition) is 3. The number of carbonyl (C=O) groups is 1. The second kappa shape index (κ2) is 4.60. The van der Waals surface area contributed by atoms with E-state index < -0.39 is 15.8 Å². The fourth-order valence-corrected chi connectivity index (χ4v) is 3.72. The average molecular weight is 292 g/mol. The van der Waals surface area contributed by atoms with E-state index in [0.717, 1.165) is 16.4 Å². The molecule has 1 fully saturated rings. The third-order valence-electron chi connectivity index (χ3n) is 2.93. The molecule has 0 atom stereocenters. The van der Waals surface area contributed by atoms with E-state index in [4.69, 9.17) is 11.6 Å². The third kappa shape index (κ3) is 2.28. The maximum absolute atomic E-state index is 13.1. The highest BCUT2D eigenvalue weighted by Crippen LogP contribution is 2.30. The van der Waals surface area contributed by atoms with Crippen molar-refractivity contribution in [2.75, 3.05) is 13.1 Å². The quantitative estimate of drug-likeness (QED) is 0.851. The Labute approximate surface area is 109 Å². The van der Waals surface area contributed by atoms with Gasteiger partial charge in [0, 0.05) is 19.0 Å². The Hall–Kier alpha value is -0.980. The topological polar surface area (TPSA) is 54.5 Å². The second-order valence-corrected chi connectivity index (χ2v) is 6.52. The zero-order chi connectivity index (χ0) is 13.5. The Balaban J connectivity index is 2.28. The van der Waals surface area contributed by atoms with Crippen LogP contribution in [0.2, 0.25) is 5.02 Å². The lowest BCUT2D eigenvalue weighted by molar-refractivity contribution is -0.123. The Morgan fingerprint density at radius 1 is 1.44 bits per heavy atom. The molecule has 1 aliphatic rings. The summed E-state index contributed by atoms with van der Waals surface area (Å²) in [6.07, 6.45) is 0. The van der Waals surface area contributed by atoms with E-state index >= 15 is 0 Å². The molecule has 7 heteroatoms. The number of ketones is 1.